The molecule has 24 heavy (non-hydrogen) atoms. The molecule has 126 valence electrons. The highest BCUT2D eigenvalue weighted by Gasteiger charge is 2.56. The van der Waals surface area contributed by atoms with E-state index in [1.807, 2.05) is 17.7 Å². The zero-order valence-corrected chi connectivity index (χ0v) is 15.1. The van der Waals surface area contributed by atoms with Crippen LogP contribution >= 0.6 is 0 Å². The molecule has 0 radical (unpaired) electrons. The van der Waals surface area contributed by atoms with Crippen molar-refractivity contribution in [3.8, 4) is 17.0 Å². The lowest BCUT2D eigenvalue weighted by atomic mass is 9.69. The van der Waals surface area contributed by atoms with Crippen LogP contribution in [0.5, 0.6) is 5.75 Å². The maximum Gasteiger partial charge on any atom is 0.216 e. The summed E-state index contributed by atoms with van der Waals surface area (Å²) in [6, 6.07) is 8.08. The Hall–Kier alpha value is -1.83. The molecule has 1 aromatic heterocycles. The molecule has 1 aliphatic heterocycles. The lowest BCUT2D eigenvalue weighted by molar-refractivity contribution is -0.660. The summed E-state index contributed by atoms with van der Waals surface area (Å²) >= 11 is 0. The molecule has 0 N–H and O–H groups in total. The van der Waals surface area contributed by atoms with Gasteiger partial charge in [0.2, 0.25) is 5.69 Å². The van der Waals surface area contributed by atoms with Crippen LogP contribution in [0.25, 0.3) is 11.3 Å². The molecule has 1 fully saturated rings. The second-order valence-corrected chi connectivity index (χ2v) is 7.95. The molecule has 1 saturated carbocycles. The zero-order valence-electron chi connectivity index (χ0n) is 18.1. The Bertz CT molecular complexity index is 909. The summed E-state index contributed by atoms with van der Waals surface area (Å²) in [4.78, 5) is 0. The monoisotopic (exact) mass is 325 g/mol. The molecule has 2 aromatic rings. The van der Waals surface area contributed by atoms with Crippen molar-refractivity contribution in [2.24, 2.45) is 7.05 Å². The van der Waals surface area contributed by atoms with Crippen molar-refractivity contribution in [1.82, 2.24) is 0 Å². The minimum Gasteiger partial charge on any atom is -0.486 e. The molecule has 2 heteroatoms. The van der Waals surface area contributed by atoms with Crippen LogP contribution in [0.3, 0.4) is 0 Å². The number of aromatic nitrogens is 1. The summed E-state index contributed by atoms with van der Waals surface area (Å²) in [5, 5.41) is 0. The number of aryl methyl sites for hydroxylation is 3. The number of fused-ring (bicyclic) bond motifs is 2. The standard InChI is InChI=1S/C22H28NO/c1-15-8-11-18(23(5)14-15)19-16(2)9-10-17-20(19)24-21(3,4)22(17)12-6-7-13-22/h8-11,14H,6-7,12-13H2,1-5H3/q+1/i1D3. The summed E-state index contributed by atoms with van der Waals surface area (Å²) < 4.78 is 31.5. The maximum atomic E-state index is 7.67. The van der Waals surface area contributed by atoms with Gasteiger partial charge in [-0.2, -0.15) is 0 Å². The first-order valence-corrected chi connectivity index (χ1v) is 8.90. The van der Waals surface area contributed by atoms with Crippen molar-refractivity contribution in [3.05, 3.63) is 47.2 Å². The van der Waals surface area contributed by atoms with Gasteiger partial charge < -0.3 is 4.74 Å². The van der Waals surface area contributed by atoms with Crippen molar-refractivity contribution >= 4 is 0 Å². The van der Waals surface area contributed by atoms with Gasteiger partial charge in [0.15, 0.2) is 6.20 Å². The number of pyridine rings is 1. The van der Waals surface area contributed by atoms with Crippen LogP contribution in [-0.4, -0.2) is 5.60 Å². The van der Waals surface area contributed by atoms with E-state index in [0.717, 1.165) is 22.6 Å². The third kappa shape index (κ3) is 1.98. The highest BCUT2D eigenvalue weighted by atomic mass is 16.5. The largest absolute Gasteiger partial charge is 0.486 e. The lowest BCUT2D eigenvalue weighted by Gasteiger charge is -2.36. The fourth-order valence-corrected chi connectivity index (χ4v) is 4.88. The van der Waals surface area contributed by atoms with Gasteiger partial charge in [-0.1, -0.05) is 25.0 Å². The van der Waals surface area contributed by atoms with Crippen molar-refractivity contribution < 1.29 is 13.4 Å². The fraction of sp³-hybridized carbons (Fsp3) is 0.500. The molecule has 2 heterocycles. The highest BCUT2D eigenvalue weighted by molar-refractivity contribution is 5.74. The molecule has 1 aliphatic carbocycles. The second kappa shape index (κ2) is 5.08. The Morgan fingerprint density at radius 3 is 2.54 bits per heavy atom. The normalized spacial score (nSPS) is 22.6. The third-order valence-corrected chi connectivity index (χ3v) is 6.24. The van der Waals surface area contributed by atoms with E-state index in [-0.39, 0.29) is 11.0 Å². The average Bonchev–Trinajstić information content (AvgIpc) is 3.13. The van der Waals surface area contributed by atoms with E-state index >= 15 is 0 Å². The molecule has 0 saturated heterocycles. The van der Waals surface area contributed by atoms with Crippen LogP contribution in [0.1, 0.15) is 60.3 Å². The molecule has 0 atom stereocenters. The van der Waals surface area contributed by atoms with E-state index in [9.17, 15) is 0 Å². The number of rotatable bonds is 1. The van der Waals surface area contributed by atoms with Crippen LogP contribution in [0.2, 0.25) is 0 Å². The van der Waals surface area contributed by atoms with E-state index in [2.05, 4.69) is 32.9 Å². The van der Waals surface area contributed by atoms with Gasteiger partial charge in [-0.3, -0.25) is 0 Å². The number of nitrogens with zero attached hydrogens (tertiary/aromatic N) is 1. The Morgan fingerprint density at radius 1 is 1.12 bits per heavy atom. The summed E-state index contributed by atoms with van der Waals surface area (Å²) in [5.74, 6) is 0.985. The first-order chi connectivity index (χ1) is 12.6. The van der Waals surface area contributed by atoms with Crippen LogP contribution in [0.15, 0.2) is 30.5 Å². The van der Waals surface area contributed by atoms with Crippen molar-refractivity contribution in [3.63, 3.8) is 0 Å². The molecular formula is C22H28NO+. The van der Waals surface area contributed by atoms with Crippen LogP contribution < -0.4 is 9.30 Å². The Morgan fingerprint density at radius 2 is 1.88 bits per heavy atom. The molecule has 4 rings (SSSR count). The number of benzene rings is 1. The van der Waals surface area contributed by atoms with Gasteiger partial charge in [0, 0.05) is 26.7 Å². The van der Waals surface area contributed by atoms with Gasteiger partial charge in [-0.15, -0.1) is 0 Å². The van der Waals surface area contributed by atoms with Gasteiger partial charge in [-0.05, 0) is 52.1 Å². The quantitative estimate of drug-likeness (QED) is 0.688. The molecule has 1 spiro atoms. The predicted molar refractivity (Wildman–Crippen MR) is 97.4 cm³/mol. The molecule has 1 aromatic carbocycles. The van der Waals surface area contributed by atoms with Gasteiger partial charge >= 0.3 is 0 Å². The van der Waals surface area contributed by atoms with E-state index in [1.54, 1.807) is 12.3 Å². The van der Waals surface area contributed by atoms with Crippen LogP contribution in [0, 0.1) is 13.8 Å². The second-order valence-electron chi connectivity index (χ2n) is 7.95. The molecule has 2 aliphatic rings. The maximum absolute atomic E-state index is 7.67. The Kier molecular flexibility index (Phi) is 2.65. The fourth-order valence-electron chi connectivity index (χ4n) is 4.88. The van der Waals surface area contributed by atoms with Crippen LogP contribution in [-0.2, 0) is 12.5 Å². The summed E-state index contributed by atoms with van der Waals surface area (Å²) in [7, 11) is 1.91. The molecule has 0 amide bonds. The lowest BCUT2D eigenvalue weighted by Crippen LogP contribution is -2.44. The smallest absolute Gasteiger partial charge is 0.216 e. The summed E-state index contributed by atoms with van der Waals surface area (Å²) in [6.45, 7) is 4.43. The van der Waals surface area contributed by atoms with Crippen LogP contribution in [0.4, 0.5) is 0 Å². The van der Waals surface area contributed by atoms with Gasteiger partial charge in [-0.25, -0.2) is 4.57 Å². The summed E-state index contributed by atoms with van der Waals surface area (Å²) in [6.07, 6.45) is 6.54. The van der Waals surface area contributed by atoms with Gasteiger partial charge in [0.1, 0.15) is 18.4 Å². The van der Waals surface area contributed by atoms with E-state index in [4.69, 9.17) is 8.85 Å². The van der Waals surface area contributed by atoms with Gasteiger partial charge in [0.05, 0.1) is 5.56 Å². The molecule has 0 bridgehead atoms. The topological polar surface area (TPSA) is 13.1 Å². The zero-order chi connectivity index (χ0) is 19.6. The number of ether oxygens (including phenoxy) is 1. The third-order valence-electron chi connectivity index (χ3n) is 6.24. The first-order valence-electron chi connectivity index (χ1n) is 10.4. The Labute approximate surface area is 149 Å². The number of hydrogen-bond acceptors (Lipinski definition) is 1. The predicted octanol–water partition coefficient (Wildman–Crippen LogP) is 4.78. The SMILES string of the molecule is [2H]C([2H])([2H])c1ccc(-c2c(C)ccc3c2OC(C)(C)C32CCCC2)[n+](C)c1. The van der Waals surface area contributed by atoms with Crippen molar-refractivity contribution in [2.75, 3.05) is 0 Å². The average molecular weight is 325 g/mol. The highest BCUT2D eigenvalue weighted by Crippen LogP contribution is 2.59. The van der Waals surface area contributed by atoms with Gasteiger partial charge in [0.25, 0.3) is 0 Å². The minimum atomic E-state index is -2.10. The molecule has 0 unspecified atom stereocenters. The van der Waals surface area contributed by atoms with E-state index < -0.39 is 6.85 Å². The number of hydrogen-bond donors (Lipinski definition) is 0. The van der Waals surface area contributed by atoms with Crippen molar-refractivity contribution in [1.29, 1.82) is 0 Å². The van der Waals surface area contributed by atoms with Crippen molar-refractivity contribution in [2.45, 2.75) is 64.3 Å². The molecular weight excluding hydrogens is 294 g/mol. The first kappa shape index (κ1) is 12.5. The minimum absolute atomic E-state index is 0.0853. The van der Waals surface area contributed by atoms with E-state index in [0.29, 0.717) is 5.56 Å². The Balaban J connectivity index is 1.92. The van der Waals surface area contributed by atoms with E-state index in [1.165, 1.54) is 31.2 Å². The molecule has 2 nitrogen and oxygen atoms in total. The summed E-state index contributed by atoms with van der Waals surface area (Å²) in [5.41, 5.74) is 4.76.